The number of carboxylic acid groups (broad SMARTS) is 2. The van der Waals surface area contributed by atoms with Crippen molar-refractivity contribution in [3.63, 3.8) is 0 Å². The summed E-state index contributed by atoms with van der Waals surface area (Å²) < 4.78 is 14.6. The number of hydrogen-bond donors (Lipinski definition) is 23. The summed E-state index contributed by atoms with van der Waals surface area (Å²) in [5, 5.41) is 72.5. The third kappa shape index (κ3) is 31.5. The van der Waals surface area contributed by atoms with Crippen LogP contribution in [0.2, 0.25) is 0 Å². The molecule has 44 nitrogen and oxygen atoms in total. The van der Waals surface area contributed by atoms with Crippen molar-refractivity contribution in [2.75, 3.05) is 48.5 Å². The fourth-order valence-corrected chi connectivity index (χ4v) is 18.5. The van der Waals surface area contributed by atoms with E-state index in [2.05, 4.69) is 101 Å². The second-order valence-electron chi connectivity index (χ2n) is 33.6. The monoisotopic (exact) mass is 1890 g/mol. The van der Waals surface area contributed by atoms with E-state index >= 15 is 43.2 Å². The molecule has 6 rings (SSSR count). The molecule has 2 aromatic rings. The third-order valence-corrected chi connectivity index (χ3v) is 27.8. The number of aliphatic hydroxyl groups excluding tert-OH is 1. The number of benzene rings is 1. The summed E-state index contributed by atoms with van der Waals surface area (Å²) in [7, 11) is -2.60. The van der Waals surface area contributed by atoms with Crippen molar-refractivity contribution in [2.24, 2.45) is 35.3 Å². The summed E-state index contributed by atoms with van der Waals surface area (Å²) in [4.78, 5) is 296. The van der Waals surface area contributed by atoms with Gasteiger partial charge in [0, 0.05) is 74.3 Å². The van der Waals surface area contributed by atoms with Crippen LogP contribution < -0.4 is 101 Å². The summed E-state index contributed by atoms with van der Waals surface area (Å²) in [5.74, 6) is -30.7. The number of aromatic nitrogens is 1. The van der Waals surface area contributed by atoms with Crippen molar-refractivity contribution in [1.29, 1.82) is 0 Å². The van der Waals surface area contributed by atoms with Crippen molar-refractivity contribution >= 4 is 175 Å². The Kier molecular flexibility index (Phi) is 41.9. The summed E-state index contributed by atoms with van der Waals surface area (Å²) in [6.45, 7) is 17.8. The fraction of sp³-hybridized carbons (Fsp3) is 0.654. The van der Waals surface area contributed by atoms with Gasteiger partial charge >= 0.3 is 11.9 Å². The van der Waals surface area contributed by atoms with E-state index in [0.29, 0.717) is 40.0 Å². The molecule has 4 fully saturated rings. The van der Waals surface area contributed by atoms with E-state index < -0.39 is 338 Å². The maximum Gasteiger partial charge on any atom is 0.327 e. The van der Waals surface area contributed by atoms with Crippen molar-refractivity contribution in [2.45, 2.75) is 254 Å². The molecular weight excluding hydrogens is 1770 g/mol. The molecule has 18 amide bonds. The molecule has 6 unspecified atom stereocenters. The van der Waals surface area contributed by atoms with E-state index in [-0.39, 0.29) is 25.7 Å². The lowest BCUT2D eigenvalue weighted by molar-refractivity contribution is -0.141. The molecule has 5 heterocycles. The summed E-state index contributed by atoms with van der Waals surface area (Å²) >= 11 is 2.12. The Morgan fingerprint density at radius 2 is 1.00 bits per heavy atom. The van der Waals surface area contributed by atoms with E-state index in [9.17, 15) is 72.3 Å². The number of nitrogens with one attached hydrogen (secondary N) is 19. The summed E-state index contributed by atoms with van der Waals surface area (Å²) in [5.41, 5.74) is 7.53. The number of carboxylic acids is 2. The van der Waals surface area contributed by atoms with E-state index in [1.807, 2.05) is 0 Å². The maximum atomic E-state index is 15.9. The normalized spacial score (nSPS) is 30.4. The van der Waals surface area contributed by atoms with Crippen LogP contribution >= 0.6 is 35.3 Å². The lowest BCUT2D eigenvalue weighted by atomic mass is 9.96. The Morgan fingerprint density at radius 1 is 0.496 bits per heavy atom. The second kappa shape index (κ2) is 50.5. The second-order valence-corrected chi connectivity index (χ2v) is 39.3. The summed E-state index contributed by atoms with van der Waals surface area (Å²) in [6.07, 6.45) is -0.198. The van der Waals surface area contributed by atoms with Gasteiger partial charge in [-0.1, -0.05) is 114 Å². The van der Waals surface area contributed by atoms with Crippen LogP contribution in [0, 0.1) is 29.6 Å². The highest BCUT2D eigenvalue weighted by Crippen LogP contribution is 2.25. The number of nitrogens with two attached hydrogens (primary N) is 1. The highest BCUT2D eigenvalue weighted by Gasteiger charge is 2.45. The maximum absolute atomic E-state index is 15.9. The Hall–Kier alpha value is -10.7. The molecule has 4 aliphatic heterocycles. The first kappa shape index (κ1) is 107. The molecule has 4 saturated heterocycles. The molecule has 23 atom stereocenters. The molecule has 0 saturated carbocycles. The van der Waals surface area contributed by atoms with Crippen LogP contribution in [0.1, 0.15) is 135 Å². The largest absolute Gasteiger partial charge is 0.481 e. The van der Waals surface area contributed by atoms with Crippen LogP contribution in [0.3, 0.4) is 0 Å². The number of thioether (sulfide) groups is 3. The molecule has 24 N–H and O–H groups in total. The van der Waals surface area contributed by atoms with Crippen LogP contribution in [0.4, 0.5) is 0 Å². The number of carbonyl (C=O) groups excluding carboxylic acids is 18. The zero-order chi connectivity index (χ0) is 96.3. The van der Waals surface area contributed by atoms with Gasteiger partial charge in [-0.15, -0.1) is 0 Å². The molecule has 129 heavy (non-hydrogen) atoms. The van der Waals surface area contributed by atoms with Gasteiger partial charge in [-0.25, -0.2) is 4.79 Å². The van der Waals surface area contributed by atoms with Gasteiger partial charge in [-0.2, -0.15) is 35.3 Å². The van der Waals surface area contributed by atoms with Gasteiger partial charge in [0.25, 0.3) is 0 Å². The number of aliphatic carboxylic acids is 2. The van der Waals surface area contributed by atoms with Gasteiger partial charge in [-0.3, -0.25) is 95.3 Å². The molecule has 4 bridgehead atoms. The first-order valence-corrected chi connectivity index (χ1v) is 47.3. The van der Waals surface area contributed by atoms with Gasteiger partial charge in [0.2, 0.25) is 106 Å². The van der Waals surface area contributed by atoms with Crippen LogP contribution in [0.5, 0.6) is 0 Å². The Morgan fingerprint density at radius 3 is 1.60 bits per heavy atom. The number of para-hydroxylation sites is 1. The average Bonchev–Trinajstić information content (AvgIpc) is 1.73. The standard InChI is InChI=1S/C81H124N20O24S4/c1-15-37(9)60-76(118)88-47(21-22-57(105)106)69(111)91-52-31-127-40(12)62(101-73(115)51-30-126-29-45(82)66(108)90-50(28-102)67(109)84-26-55(103)87-49(71(113)96-58(35(5)6)74(116)92-51)24-43-25-83-46-20-18-17-19-44(43)46)78(120)89-48(23-34(3)4)70(112)100-63(79(121)99-60)41(13)128-32-53-72(114)86-39(11)65(107)94-54(81(123)124)33-129(125)42(14)64(95-56(104)27-85-68(52)110)80(122)97-59(36(7)8)75(117)98-61(38(10)16-2)77(119)93-53/h17-20,25,34-42,45,47-54,58-64,83,102H,15-16,21-24,26-33,82H2,1-14H3,(H,84,109)(H,85,110)(H,86,114)(H,87,103)(H,88,118)(H,89,120)(H,90,108)(H,91,111)(H,92,116)(H,93,119)(H,94,107)(H,95,104)(H,96,113)(H,97,122)(H,98,117)(H,99,121)(H,100,112)(H,101,115)(H,105,106)(H,123,124)/t37-,38-,39-,40-,41-,42-,45?,47-,48-,49?,50?,51-,52-,53-,54-,58?,59-,60-,61-,62?,63+,64+,129?/m0/s1. The molecule has 48 heteroatoms. The first-order valence-electron chi connectivity index (χ1n) is 42.6. The van der Waals surface area contributed by atoms with Crippen LogP contribution in [0.15, 0.2) is 30.5 Å². The minimum Gasteiger partial charge on any atom is -0.481 e. The molecule has 0 radical (unpaired) electrons. The number of amides is 18. The van der Waals surface area contributed by atoms with Crippen molar-refractivity contribution < 1.29 is 115 Å². The predicted molar refractivity (Wildman–Crippen MR) is 476 cm³/mol. The number of carbonyl (C=O) groups is 20. The van der Waals surface area contributed by atoms with E-state index in [1.165, 1.54) is 48.5 Å². The van der Waals surface area contributed by atoms with Gasteiger partial charge < -0.3 is 122 Å². The van der Waals surface area contributed by atoms with E-state index in [4.69, 9.17) is 5.73 Å². The Bertz CT molecular complexity index is 4470. The number of aliphatic hydroxyl groups is 1. The Balaban J connectivity index is 1.62. The van der Waals surface area contributed by atoms with E-state index in [0.717, 1.165) is 25.6 Å². The molecule has 1 aromatic heterocycles. The first-order chi connectivity index (χ1) is 60.7. The lowest BCUT2D eigenvalue weighted by Crippen LogP contribution is -2.63. The Labute approximate surface area is 761 Å². The zero-order valence-corrected chi connectivity index (χ0v) is 77.6. The minimum absolute atomic E-state index is 0.0970. The lowest BCUT2D eigenvalue weighted by Gasteiger charge is -2.32. The quantitative estimate of drug-likeness (QED) is 0.0655. The molecule has 4 aliphatic rings. The van der Waals surface area contributed by atoms with Crippen molar-refractivity contribution in [1.82, 2.24) is 101 Å². The highest BCUT2D eigenvalue weighted by molar-refractivity contribution is 8.00. The minimum atomic E-state index is -2.60. The van der Waals surface area contributed by atoms with Gasteiger partial charge in [0.05, 0.1) is 36.7 Å². The zero-order valence-electron chi connectivity index (χ0n) is 74.3. The van der Waals surface area contributed by atoms with Crippen LogP contribution in [-0.4, -0.2) is 310 Å². The number of hydrogen-bond acceptors (Lipinski definition) is 26. The molecule has 1 aromatic carbocycles. The van der Waals surface area contributed by atoms with Crippen molar-refractivity contribution in [3.8, 4) is 0 Å². The van der Waals surface area contributed by atoms with Gasteiger partial charge in [0.15, 0.2) is 0 Å². The number of fused-ring (bicyclic) bond motifs is 19. The van der Waals surface area contributed by atoms with Gasteiger partial charge in [-0.05, 0) is 67.9 Å². The number of H-pyrrole nitrogens is 1. The molecule has 0 aliphatic carbocycles. The number of rotatable bonds is 17. The van der Waals surface area contributed by atoms with Gasteiger partial charge in [0.1, 0.15) is 96.7 Å². The topological polar surface area (TPSA) is 678 Å². The van der Waals surface area contributed by atoms with Crippen LogP contribution in [-0.2, 0) is 113 Å². The predicted octanol–water partition coefficient (Wildman–Crippen LogP) is -6.39. The smallest absolute Gasteiger partial charge is 0.327 e. The molecule has 716 valence electrons. The molecular formula is C81H124N20O24S4. The fourth-order valence-electron chi connectivity index (χ4n) is 13.9. The number of aromatic amines is 1. The average molecular weight is 1890 g/mol. The van der Waals surface area contributed by atoms with Crippen LogP contribution in [0.25, 0.3) is 10.9 Å². The third-order valence-electron chi connectivity index (χ3n) is 22.3. The highest BCUT2D eigenvalue weighted by atomic mass is 32.2. The van der Waals surface area contributed by atoms with Crippen molar-refractivity contribution in [3.05, 3.63) is 36.0 Å². The SMILES string of the molecule is CC[C@H](C)[C@@H]1NC(=O)[C@H](C(C)C)NC(=O)[C@@H]2NC(=O)CNC(=O)[C@@H]3CS[C@@H](C)C(NC(=O)[C@@H]4CSCC(N)C(=O)NC(CO)C(=O)NCC(=O)NC(Cc5c[nH]c6ccccc56)C(=O)NC(C(C)C)C(=O)N4)C(=O)N[C@@H](CC(C)C)C(=O)N[C@@H](C(=O)N[C@@H]([C@@H](C)CC)C(=O)N[C@@H](CCC(=O)O)C(=O)N3)[C@H](C)SC[C@H](NC1=O)C(=O)N[C@@H](C)C(=O)N[C@H](C(=O)O)CS(=O)[C@H]2C. The van der Waals surface area contributed by atoms with E-state index in [1.54, 1.807) is 65.1 Å². The molecule has 0 spiro atoms. The summed E-state index contributed by atoms with van der Waals surface area (Å²) in [6, 6.07) is -23.2.